The minimum atomic E-state index is -4.13. The van der Waals surface area contributed by atoms with Crippen LogP contribution in [0.25, 0.3) is 0 Å². The van der Waals surface area contributed by atoms with Gasteiger partial charge >= 0.3 is 6.18 Å². The number of nitrogens with two attached hydrogens (primary N) is 1. The van der Waals surface area contributed by atoms with Crippen molar-refractivity contribution in [3.8, 4) is 0 Å². The topological polar surface area (TPSA) is 55.1 Å². The summed E-state index contributed by atoms with van der Waals surface area (Å²) in [4.78, 5) is 11.9. The average Bonchev–Trinajstić information content (AvgIpc) is 2.64. The Morgan fingerprint density at radius 3 is 2.72 bits per heavy atom. The second kappa shape index (κ2) is 6.08. The highest BCUT2D eigenvalue weighted by Gasteiger charge is 2.25. The first-order valence-corrected chi connectivity index (χ1v) is 6.38. The van der Waals surface area contributed by atoms with Gasteiger partial charge in [-0.2, -0.15) is 13.2 Å². The molecular weight excluding hydrogens is 265 g/mol. The van der Waals surface area contributed by atoms with Gasteiger partial charge in [-0.3, -0.25) is 4.79 Å². The lowest BCUT2D eigenvalue weighted by atomic mass is 10.2. The normalized spacial score (nSPS) is 11.6. The van der Waals surface area contributed by atoms with Gasteiger partial charge < -0.3 is 11.1 Å². The summed E-state index contributed by atoms with van der Waals surface area (Å²) in [6, 6.07) is 1.58. The highest BCUT2D eigenvalue weighted by atomic mass is 32.1. The van der Waals surface area contributed by atoms with Crippen molar-refractivity contribution in [2.24, 2.45) is 0 Å². The molecule has 0 fully saturated rings. The quantitative estimate of drug-likeness (QED) is 0.617. The Kier molecular flexibility index (Phi) is 5.01. The molecule has 1 rings (SSSR count). The van der Waals surface area contributed by atoms with Gasteiger partial charge in [0.2, 0.25) is 0 Å². The molecule has 0 unspecified atom stereocenters. The molecule has 0 aliphatic rings. The van der Waals surface area contributed by atoms with E-state index >= 15 is 0 Å². The molecule has 18 heavy (non-hydrogen) atoms. The minimum Gasteiger partial charge on any atom is -0.397 e. The van der Waals surface area contributed by atoms with E-state index in [9.17, 15) is 18.0 Å². The Bertz CT molecular complexity index is 415. The van der Waals surface area contributed by atoms with Gasteiger partial charge in [0.05, 0.1) is 15.6 Å². The number of nitrogen functional groups attached to an aromatic ring is 1. The van der Waals surface area contributed by atoms with Crippen molar-refractivity contribution in [1.82, 2.24) is 0 Å². The van der Waals surface area contributed by atoms with E-state index in [1.807, 2.05) is 0 Å². The molecule has 3 nitrogen and oxygen atoms in total. The van der Waals surface area contributed by atoms with E-state index in [0.29, 0.717) is 22.0 Å². The molecule has 0 saturated heterocycles. The molecule has 102 valence electrons. The third-order valence-corrected chi connectivity index (χ3v) is 3.42. The fourth-order valence-corrected chi connectivity index (χ4v) is 2.39. The van der Waals surface area contributed by atoms with Crippen LogP contribution in [-0.2, 0) is 0 Å². The molecule has 0 amide bonds. The molecule has 3 N–H and O–H groups in total. The van der Waals surface area contributed by atoms with Crippen molar-refractivity contribution in [3.63, 3.8) is 0 Å². The van der Waals surface area contributed by atoms with E-state index in [-0.39, 0.29) is 18.7 Å². The van der Waals surface area contributed by atoms with Gasteiger partial charge in [0.1, 0.15) is 0 Å². The van der Waals surface area contributed by atoms with Crippen molar-refractivity contribution in [2.45, 2.75) is 32.4 Å². The molecule has 1 aromatic heterocycles. The van der Waals surface area contributed by atoms with Gasteiger partial charge in [-0.1, -0.05) is 6.92 Å². The zero-order valence-corrected chi connectivity index (χ0v) is 10.8. The number of Topliss-reactive ketones (excluding diaryl/α,β-unsaturated/α-hetero) is 1. The summed E-state index contributed by atoms with van der Waals surface area (Å²) in [7, 11) is 0. The summed E-state index contributed by atoms with van der Waals surface area (Å²) >= 11 is 1.18. The predicted molar refractivity (Wildman–Crippen MR) is 67.1 cm³/mol. The second-order valence-corrected chi connectivity index (χ2v) is 4.87. The number of halogens is 3. The van der Waals surface area contributed by atoms with Crippen LogP contribution >= 0.6 is 11.3 Å². The van der Waals surface area contributed by atoms with Gasteiger partial charge in [-0.25, -0.2) is 0 Å². The third kappa shape index (κ3) is 4.56. The summed E-state index contributed by atoms with van der Waals surface area (Å²) in [6.45, 7) is 1.94. The molecule has 0 saturated carbocycles. The smallest absolute Gasteiger partial charge is 0.389 e. The van der Waals surface area contributed by atoms with Crippen molar-refractivity contribution in [3.05, 3.63) is 10.9 Å². The number of carbonyl (C=O) groups excluding carboxylic acids is 1. The largest absolute Gasteiger partial charge is 0.397 e. The van der Waals surface area contributed by atoms with Gasteiger partial charge in [0.25, 0.3) is 0 Å². The van der Waals surface area contributed by atoms with E-state index in [0.717, 1.165) is 0 Å². The van der Waals surface area contributed by atoms with Gasteiger partial charge in [-0.05, 0) is 12.5 Å². The summed E-state index contributed by atoms with van der Waals surface area (Å²) < 4.78 is 35.7. The summed E-state index contributed by atoms with van der Waals surface area (Å²) in [6.07, 6.45) is -4.59. The Morgan fingerprint density at radius 2 is 2.17 bits per heavy atom. The first-order valence-electron chi connectivity index (χ1n) is 5.56. The molecule has 7 heteroatoms. The van der Waals surface area contributed by atoms with Crippen molar-refractivity contribution in [2.75, 3.05) is 17.6 Å². The molecule has 0 atom stereocenters. The van der Waals surface area contributed by atoms with E-state index in [4.69, 9.17) is 5.73 Å². The zero-order chi connectivity index (χ0) is 13.8. The molecule has 1 heterocycles. The van der Waals surface area contributed by atoms with Gasteiger partial charge in [-0.15, -0.1) is 11.3 Å². The fourth-order valence-electron chi connectivity index (χ4n) is 1.37. The molecule has 0 aromatic carbocycles. The lowest BCUT2D eigenvalue weighted by Crippen LogP contribution is -2.10. The Labute approximate surface area is 107 Å². The minimum absolute atomic E-state index is 0.00162. The molecular formula is C11H15F3N2OS. The van der Waals surface area contributed by atoms with Crippen molar-refractivity contribution in [1.29, 1.82) is 0 Å². The van der Waals surface area contributed by atoms with Crippen LogP contribution in [-0.4, -0.2) is 18.5 Å². The monoisotopic (exact) mass is 280 g/mol. The Morgan fingerprint density at radius 1 is 1.50 bits per heavy atom. The molecule has 0 radical (unpaired) electrons. The Hall–Kier alpha value is -1.24. The van der Waals surface area contributed by atoms with Crippen LogP contribution in [0, 0.1) is 0 Å². The maximum atomic E-state index is 11.9. The number of nitrogens with one attached hydrogen (secondary N) is 1. The van der Waals surface area contributed by atoms with E-state index in [1.165, 1.54) is 11.3 Å². The molecule has 0 bridgehead atoms. The lowest BCUT2D eigenvalue weighted by Gasteiger charge is -2.06. The van der Waals surface area contributed by atoms with Crippen molar-refractivity contribution < 1.29 is 18.0 Å². The first-order chi connectivity index (χ1) is 8.33. The van der Waals surface area contributed by atoms with E-state index in [2.05, 4.69) is 5.32 Å². The lowest BCUT2D eigenvalue weighted by molar-refractivity contribution is -0.134. The average molecular weight is 280 g/mol. The van der Waals surface area contributed by atoms with Crippen LogP contribution in [0.1, 0.15) is 35.9 Å². The van der Waals surface area contributed by atoms with Gasteiger partial charge in [0.15, 0.2) is 5.78 Å². The van der Waals surface area contributed by atoms with Crippen LogP contribution in [0.5, 0.6) is 0 Å². The second-order valence-electron chi connectivity index (χ2n) is 3.82. The standard InChI is InChI=1S/C11H15F3N2OS/c1-2-8(17)10-7(15)6-9(18-10)16-5-3-4-11(12,13)14/h6,16H,2-5,15H2,1H3. The molecule has 0 aliphatic heterocycles. The SMILES string of the molecule is CCC(=O)c1sc(NCCCC(F)(F)F)cc1N. The van der Waals surface area contributed by atoms with Crippen LogP contribution in [0.4, 0.5) is 23.9 Å². The van der Waals surface area contributed by atoms with Crippen LogP contribution < -0.4 is 11.1 Å². The summed E-state index contributed by atoms with van der Waals surface area (Å²) in [5.74, 6) is -0.0548. The number of alkyl halides is 3. The fraction of sp³-hybridized carbons (Fsp3) is 0.545. The van der Waals surface area contributed by atoms with Crippen LogP contribution in [0.15, 0.2) is 6.07 Å². The Balaban J connectivity index is 2.47. The number of hydrogen-bond donors (Lipinski definition) is 2. The molecule has 0 aliphatic carbocycles. The number of thiophene rings is 1. The van der Waals surface area contributed by atoms with Crippen molar-refractivity contribution >= 4 is 27.8 Å². The van der Waals surface area contributed by atoms with E-state index < -0.39 is 12.6 Å². The predicted octanol–water partition coefficient (Wildman–Crippen LogP) is 3.68. The highest BCUT2D eigenvalue weighted by molar-refractivity contribution is 7.18. The van der Waals surface area contributed by atoms with Crippen LogP contribution in [0.2, 0.25) is 0 Å². The summed E-state index contributed by atoms with van der Waals surface area (Å²) in [5.41, 5.74) is 6.04. The number of rotatable bonds is 6. The maximum Gasteiger partial charge on any atom is 0.389 e. The maximum absolute atomic E-state index is 11.9. The number of hydrogen-bond acceptors (Lipinski definition) is 4. The zero-order valence-electron chi connectivity index (χ0n) is 9.93. The van der Waals surface area contributed by atoms with Crippen LogP contribution in [0.3, 0.4) is 0 Å². The molecule has 1 aromatic rings. The van der Waals surface area contributed by atoms with Gasteiger partial charge in [0, 0.05) is 19.4 Å². The highest BCUT2D eigenvalue weighted by Crippen LogP contribution is 2.30. The third-order valence-electron chi connectivity index (χ3n) is 2.27. The first kappa shape index (κ1) is 14.8. The number of carbonyl (C=O) groups is 1. The number of ketones is 1. The molecule has 0 spiro atoms. The number of anilines is 2. The van der Waals surface area contributed by atoms with E-state index in [1.54, 1.807) is 13.0 Å². The summed E-state index contributed by atoms with van der Waals surface area (Å²) in [5, 5.41) is 3.47.